The normalized spacial score (nSPS) is 15.6. The molecular weight excluding hydrogens is 266 g/mol. The molecule has 0 spiro atoms. The van der Waals surface area contributed by atoms with Crippen molar-refractivity contribution < 1.29 is 19.4 Å². The van der Waals surface area contributed by atoms with Crippen LogP contribution in [0.25, 0.3) is 0 Å². The molecule has 20 heavy (non-hydrogen) atoms. The number of carbonyl (C=O) groups excluding carboxylic acids is 1. The second-order valence-corrected chi connectivity index (χ2v) is 4.48. The van der Waals surface area contributed by atoms with Crippen molar-refractivity contribution in [3.8, 4) is 0 Å². The van der Waals surface area contributed by atoms with Crippen molar-refractivity contribution in [2.24, 2.45) is 0 Å². The lowest BCUT2D eigenvalue weighted by Crippen LogP contribution is -2.50. The van der Waals surface area contributed by atoms with Crippen LogP contribution < -0.4 is 5.32 Å². The molecule has 0 aromatic carbocycles. The summed E-state index contributed by atoms with van der Waals surface area (Å²) in [5.41, 5.74) is 0. The monoisotopic (exact) mass is 283 g/mol. The molecule has 0 aliphatic carbocycles. The molecule has 1 atom stereocenters. The molecule has 1 aromatic rings. The zero-order valence-corrected chi connectivity index (χ0v) is 11.2. The minimum atomic E-state index is -1.07. The number of methoxy groups -OCH3 is 1. The van der Waals surface area contributed by atoms with E-state index in [4.69, 9.17) is 9.84 Å². The quantitative estimate of drug-likeness (QED) is 0.739. The lowest BCUT2D eigenvalue weighted by Gasteiger charge is -2.28. The first-order valence-corrected chi connectivity index (χ1v) is 6.25. The summed E-state index contributed by atoms with van der Waals surface area (Å²) in [5.74, 6) is -0.384. The third-order valence-electron chi connectivity index (χ3n) is 3.13. The number of hydrogen-bond acceptors (Lipinski definition) is 5. The summed E-state index contributed by atoms with van der Waals surface area (Å²) < 4.78 is 6.70. The number of amides is 2. The SMILES string of the molecule is COCCC(NC(=O)N1CCn2cnnc2C1)C(=O)O. The third-order valence-corrected chi connectivity index (χ3v) is 3.13. The van der Waals surface area contributed by atoms with Crippen LogP contribution in [0.1, 0.15) is 12.2 Å². The number of fused-ring (bicyclic) bond motifs is 1. The molecule has 2 N–H and O–H groups in total. The Kier molecular flexibility index (Phi) is 4.51. The first-order chi connectivity index (χ1) is 9.61. The van der Waals surface area contributed by atoms with Crippen LogP contribution in [0.5, 0.6) is 0 Å². The Bertz CT molecular complexity index is 489. The van der Waals surface area contributed by atoms with E-state index in [9.17, 15) is 9.59 Å². The van der Waals surface area contributed by atoms with E-state index >= 15 is 0 Å². The maximum absolute atomic E-state index is 12.1. The van der Waals surface area contributed by atoms with Crippen molar-refractivity contribution in [3.63, 3.8) is 0 Å². The molecule has 0 radical (unpaired) electrons. The zero-order valence-electron chi connectivity index (χ0n) is 11.2. The number of urea groups is 1. The van der Waals surface area contributed by atoms with Crippen LogP contribution in [0.3, 0.4) is 0 Å². The number of carboxylic acid groups (broad SMARTS) is 1. The Morgan fingerprint density at radius 2 is 2.35 bits per heavy atom. The van der Waals surface area contributed by atoms with Crippen LogP contribution in [0, 0.1) is 0 Å². The van der Waals surface area contributed by atoms with E-state index in [1.165, 1.54) is 12.0 Å². The average Bonchev–Trinajstić information content (AvgIpc) is 2.90. The number of nitrogens with zero attached hydrogens (tertiary/aromatic N) is 4. The highest BCUT2D eigenvalue weighted by molar-refractivity contribution is 5.82. The van der Waals surface area contributed by atoms with Crippen LogP contribution in [-0.4, -0.2) is 63.1 Å². The Morgan fingerprint density at radius 3 is 3.05 bits per heavy atom. The van der Waals surface area contributed by atoms with E-state index < -0.39 is 18.0 Å². The number of nitrogens with one attached hydrogen (secondary N) is 1. The molecule has 110 valence electrons. The summed E-state index contributed by atoms with van der Waals surface area (Å²) in [7, 11) is 1.48. The van der Waals surface area contributed by atoms with Gasteiger partial charge in [0.2, 0.25) is 0 Å². The Balaban J connectivity index is 1.92. The molecule has 2 amide bonds. The summed E-state index contributed by atoms with van der Waals surface area (Å²) in [6.45, 7) is 1.69. The number of rotatable bonds is 5. The smallest absolute Gasteiger partial charge is 0.326 e. The number of carbonyl (C=O) groups is 2. The minimum absolute atomic E-state index is 0.224. The molecule has 1 aromatic heterocycles. The van der Waals surface area contributed by atoms with E-state index in [-0.39, 0.29) is 13.0 Å². The first kappa shape index (κ1) is 14.3. The molecule has 2 rings (SSSR count). The van der Waals surface area contributed by atoms with Gasteiger partial charge in [0.05, 0.1) is 6.54 Å². The molecule has 1 aliphatic heterocycles. The van der Waals surface area contributed by atoms with Crippen LogP contribution in [-0.2, 0) is 22.6 Å². The van der Waals surface area contributed by atoms with E-state index in [1.54, 1.807) is 6.33 Å². The molecule has 0 bridgehead atoms. The van der Waals surface area contributed by atoms with E-state index in [2.05, 4.69) is 15.5 Å². The van der Waals surface area contributed by atoms with Gasteiger partial charge in [-0.1, -0.05) is 0 Å². The lowest BCUT2D eigenvalue weighted by atomic mass is 10.2. The summed E-state index contributed by atoms with van der Waals surface area (Å²) in [5, 5.41) is 19.2. The highest BCUT2D eigenvalue weighted by Crippen LogP contribution is 2.09. The molecule has 0 saturated carbocycles. The number of ether oxygens (including phenoxy) is 1. The van der Waals surface area contributed by atoms with E-state index in [0.717, 1.165) is 0 Å². The van der Waals surface area contributed by atoms with Gasteiger partial charge in [-0.25, -0.2) is 9.59 Å². The predicted octanol–water partition coefficient (Wildman–Crippen LogP) is -0.707. The molecule has 1 aliphatic rings. The average molecular weight is 283 g/mol. The van der Waals surface area contributed by atoms with Crippen molar-refractivity contribution >= 4 is 12.0 Å². The highest BCUT2D eigenvalue weighted by Gasteiger charge is 2.26. The fourth-order valence-corrected chi connectivity index (χ4v) is 1.97. The van der Waals surface area contributed by atoms with Crippen molar-refractivity contribution in [2.75, 3.05) is 20.3 Å². The molecule has 9 heteroatoms. The first-order valence-electron chi connectivity index (χ1n) is 6.25. The maximum Gasteiger partial charge on any atom is 0.326 e. The van der Waals surface area contributed by atoms with Crippen LogP contribution in [0.4, 0.5) is 4.79 Å². The van der Waals surface area contributed by atoms with Gasteiger partial charge in [0.1, 0.15) is 12.4 Å². The number of aromatic nitrogens is 3. The predicted molar refractivity (Wildman–Crippen MR) is 66.9 cm³/mol. The standard InChI is InChI=1S/C11H17N5O4/c1-20-5-2-8(10(17)18)13-11(19)15-3-4-16-7-12-14-9(16)6-15/h7-8H,2-6H2,1H3,(H,13,19)(H,17,18). The highest BCUT2D eigenvalue weighted by atomic mass is 16.5. The molecule has 1 unspecified atom stereocenters. The number of carboxylic acids is 1. The second kappa shape index (κ2) is 6.33. The van der Waals surface area contributed by atoms with Gasteiger partial charge in [0.25, 0.3) is 0 Å². The van der Waals surface area contributed by atoms with Gasteiger partial charge in [0.15, 0.2) is 5.82 Å². The van der Waals surface area contributed by atoms with Crippen molar-refractivity contribution in [2.45, 2.75) is 25.6 Å². The molecule has 0 saturated heterocycles. The Morgan fingerprint density at radius 1 is 1.55 bits per heavy atom. The van der Waals surface area contributed by atoms with E-state index in [0.29, 0.717) is 25.5 Å². The van der Waals surface area contributed by atoms with Crippen LogP contribution in [0.15, 0.2) is 6.33 Å². The van der Waals surface area contributed by atoms with Crippen molar-refractivity contribution in [1.82, 2.24) is 25.0 Å². The fraction of sp³-hybridized carbons (Fsp3) is 0.636. The van der Waals surface area contributed by atoms with Gasteiger partial charge in [0, 0.05) is 33.2 Å². The summed E-state index contributed by atoms with van der Waals surface area (Å²) in [6, 6.07) is -1.37. The lowest BCUT2D eigenvalue weighted by molar-refractivity contribution is -0.139. The zero-order chi connectivity index (χ0) is 14.5. The van der Waals surface area contributed by atoms with Crippen LogP contribution >= 0.6 is 0 Å². The van der Waals surface area contributed by atoms with Gasteiger partial charge in [-0.3, -0.25) is 0 Å². The third kappa shape index (κ3) is 3.23. The molecular formula is C11H17N5O4. The molecule has 0 fully saturated rings. The summed E-state index contributed by atoms with van der Waals surface area (Å²) in [6.07, 6.45) is 1.84. The van der Waals surface area contributed by atoms with Gasteiger partial charge >= 0.3 is 12.0 Å². The minimum Gasteiger partial charge on any atom is -0.480 e. The Hall–Kier alpha value is -2.16. The fourth-order valence-electron chi connectivity index (χ4n) is 1.97. The molecule has 9 nitrogen and oxygen atoms in total. The van der Waals surface area contributed by atoms with Gasteiger partial charge < -0.3 is 24.6 Å². The second-order valence-electron chi connectivity index (χ2n) is 4.48. The summed E-state index contributed by atoms with van der Waals surface area (Å²) >= 11 is 0. The van der Waals surface area contributed by atoms with Gasteiger partial charge in [-0.05, 0) is 0 Å². The van der Waals surface area contributed by atoms with Gasteiger partial charge in [-0.2, -0.15) is 0 Å². The number of hydrogen-bond donors (Lipinski definition) is 2. The van der Waals surface area contributed by atoms with Crippen molar-refractivity contribution in [1.29, 1.82) is 0 Å². The molecule has 2 heterocycles. The number of aliphatic carboxylic acids is 1. The largest absolute Gasteiger partial charge is 0.480 e. The van der Waals surface area contributed by atoms with E-state index in [1.807, 2.05) is 4.57 Å². The van der Waals surface area contributed by atoms with Crippen LogP contribution in [0.2, 0.25) is 0 Å². The summed E-state index contributed by atoms with van der Waals surface area (Å²) in [4.78, 5) is 24.6. The maximum atomic E-state index is 12.1. The Labute approximate surface area is 115 Å². The topological polar surface area (TPSA) is 110 Å². The van der Waals surface area contributed by atoms with Gasteiger partial charge in [-0.15, -0.1) is 10.2 Å². The van der Waals surface area contributed by atoms with Crippen molar-refractivity contribution in [3.05, 3.63) is 12.2 Å².